The van der Waals surface area contributed by atoms with E-state index in [0.717, 1.165) is 0 Å². The molecule has 0 radical (unpaired) electrons. The van der Waals surface area contributed by atoms with Gasteiger partial charge in [-0.3, -0.25) is 4.79 Å². The van der Waals surface area contributed by atoms with Gasteiger partial charge < -0.3 is 9.80 Å². The van der Waals surface area contributed by atoms with Gasteiger partial charge in [0.1, 0.15) is 5.82 Å². The number of nitrogens with zero attached hydrogens (tertiary/aromatic N) is 3. The summed E-state index contributed by atoms with van der Waals surface area (Å²) < 4.78 is 26.8. The fourth-order valence-electron chi connectivity index (χ4n) is 3.01. The number of amides is 1. The molecule has 0 saturated carbocycles. The summed E-state index contributed by atoms with van der Waals surface area (Å²) in [5, 5.41) is 0.934. The van der Waals surface area contributed by atoms with Crippen LogP contribution in [-0.4, -0.2) is 56.9 Å². The Morgan fingerprint density at radius 3 is 2.54 bits per heavy atom. The first-order valence-electron chi connectivity index (χ1n) is 8.77. The normalized spacial score (nSPS) is 15.0. The molecule has 10 heteroatoms. The van der Waals surface area contributed by atoms with Crippen molar-refractivity contribution in [3.63, 3.8) is 0 Å². The summed E-state index contributed by atoms with van der Waals surface area (Å²) in [6.45, 7) is 4.07. The SMILES string of the molecule is CCNS(=O)(=O)c1cccc(C(=O)N2CCN(c3ncc(Cl)cc3Cl)CC2)c1. The van der Waals surface area contributed by atoms with Crippen LogP contribution in [0.4, 0.5) is 5.82 Å². The van der Waals surface area contributed by atoms with Gasteiger partial charge in [0.05, 0.1) is 14.9 Å². The van der Waals surface area contributed by atoms with Crippen molar-refractivity contribution in [2.24, 2.45) is 0 Å². The molecule has 1 N–H and O–H groups in total. The number of benzene rings is 1. The van der Waals surface area contributed by atoms with Gasteiger partial charge in [-0.05, 0) is 24.3 Å². The van der Waals surface area contributed by atoms with Gasteiger partial charge in [-0.2, -0.15) is 0 Å². The molecular formula is C18H20Cl2N4O3S. The molecule has 1 aromatic heterocycles. The number of rotatable bonds is 5. The molecule has 2 heterocycles. The molecular weight excluding hydrogens is 423 g/mol. The van der Waals surface area contributed by atoms with Gasteiger partial charge in [-0.1, -0.05) is 36.2 Å². The third-order valence-electron chi connectivity index (χ3n) is 4.38. The minimum atomic E-state index is -3.61. The molecule has 1 fully saturated rings. The maximum absolute atomic E-state index is 12.8. The third-order valence-corrected chi connectivity index (χ3v) is 6.41. The van der Waals surface area contributed by atoms with Gasteiger partial charge in [-0.15, -0.1) is 0 Å². The number of piperazine rings is 1. The lowest BCUT2D eigenvalue weighted by molar-refractivity contribution is 0.0746. The van der Waals surface area contributed by atoms with Crippen LogP contribution in [0, 0.1) is 0 Å². The number of halogens is 2. The Bertz CT molecular complexity index is 977. The van der Waals surface area contributed by atoms with Crippen LogP contribution in [-0.2, 0) is 10.0 Å². The molecule has 3 rings (SSSR count). The average Bonchev–Trinajstić information content (AvgIpc) is 2.68. The predicted octanol–water partition coefficient (Wildman–Crippen LogP) is 2.65. The number of hydrogen-bond acceptors (Lipinski definition) is 5. The van der Waals surface area contributed by atoms with E-state index >= 15 is 0 Å². The van der Waals surface area contributed by atoms with Crippen molar-refractivity contribution in [1.29, 1.82) is 0 Å². The van der Waals surface area contributed by atoms with Gasteiger partial charge in [0.2, 0.25) is 10.0 Å². The summed E-state index contributed by atoms with van der Waals surface area (Å²) in [4.78, 5) is 20.9. The number of pyridine rings is 1. The smallest absolute Gasteiger partial charge is 0.254 e. The molecule has 1 aromatic carbocycles. The Morgan fingerprint density at radius 2 is 1.89 bits per heavy atom. The Labute approximate surface area is 174 Å². The molecule has 2 aromatic rings. The van der Waals surface area contributed by atoms with Crippen LogP contribution in [0.1, 0.15) is 17.3 Å². The topological polar surface area (TPSA) is 82.6 Å². The maximum atomic E-state index is 12.8. The van der Waals surface area contributed by atoms with Gasteiger partial charge in [0, 0.05) is 44.5 Å². The van der Waals surface area contributed by atoms with Crippen LogP contribution in [0.15, 0.2) is 41.4 Å². The summed E-state index contributed by atoms with van der Waals surface area (Å²) in [7, 11) is -3.61. The average molecular weight is 443 g/mol. The summed E-state index contributed by atoms with van der Waals surface area (Å²) in [6, 6.07) is 7.72. The van der Waals surface area contributed by atoms with Crippen molar-refractivity contribution in [3.05, 3.63) is 52.1 Å². The number of hydrogen-bond donors (Lipinski definition) is 1. The van der Waals surface area contributed by atoms with Gasteiger partial charge in [0.15, 0.2) is 0 Å². The van der Waals surface area contributed by atoms with E-state index in [2.05, 4.69) is 9.71 Å². The van der Waals surface area contributed by atoms with Crippen LogP contribution in [0.2, 0.25) is 10.0 Å². The molecule has 28 heavy (non-hydrogen) atoms. The van der Waals surface area contributed by atoms with Gasteiger partial charge >= 0.3 is 0 Å². The molecule has 7 nitrogen and oxygen atoms in total. The van der Waals surface area contributed by atoms with E-state index < -0.39 is 10.0 Å². The third kappa shape index (κ3) is 4.57. The summed E-state index contributed by atoms with van der Waals surface area (Å²) in [6.07, 6.45) is 1.54. The second kappa shape index (κ2) is 8.65. The number of nitrogens with one attached hydrogen (secondary N) is 1. The van der Waals surface area contributed by atoms with Crippen LogP contribution >= 0.6 is 23.2 Å². The van der Waals surface area contributed by atoms with Crippen LogP contribution in [0.5, 0.6) is 0 Å². The molecule has 1 aliphatic rings. The Kier molecular flexibility index (Phi) is 6.44. The van der Waals surface area contributed by atoms with E-state index in [4.69, 9.17) is 23.2 Å². The van der Waals surface area contributed by atoms with Crippen molar-refractivity contribution in [2.45, 2.75) is 11.8 Å². The van der Waals surface area contributed by atoms with Crippen molar-refractivity contribution in [1.82, 2.24) is 14.6 Å². The number of carbonyl (C=O) groups excluding carboxylic acids is 1. The molecule has 0 atom stereocenters. The molecule has 0 aliphatic carbocycles. The molecule has 0 bridgehead atoms. The molecule has 1 amide bonds. The number of carbonyl (C=O) groups is 1. The van der Waals surface area contributed by atoms with E-state index in [1.54, 1.807) is 30.0 Å². The van der Waals surface area contributed by atoms with Gasteiger partial charge in [-0.25, -0.2) is 18.1 Å². The lowest BCUT2D eigenvalue weighted by Crippen LogP contribution is -2.49. The first-order valence-corrected chi connectivity index (χ1v) is 11.0. The van der Waals surface area contributed by atoms with Gasteiger partial charge in [0.25, 0.3) is 5.91 Å². The molecule has 1 saturated heterocycles. The maximum Gasteiger partial charge on any atom is 0.254 e. The zero-order valence-electron chi connectivity index (χ0n) is 15.2. The van der Waals surface area contributed by atoms with Crippen LogP contribution in [0.3, 0.4) is 0 Å². The first-order chi connectivity index (χ1) is 13.3. The first kappa shape index (κ1) is 20.9. The largest absolute Gasteiger partial charge is 0.352 e. The second-order valence-corrected chi connectivity index (χ2v) is 8.88. The lowest BCUT2D eigenvalue weighted by atomic mass is 10.2. The summed E-state index contributed by atoms with van der Waals surface area (Å²) >= 11 is 12.1. The molecule has 150 valence electrons. The quantitative estimate of drug-likeness (QED) is 0.769. The standard InChI is InChI=1S/C18H20Cl2N4O3S/c1-2-22-28(26,27)15-5-3-4-13(10-15)18(25)24-8-6-23(7-9-24)17-16(20)11-14(19)12-21-17/h3-5,10-12,22H,2,6-9H2,1H3. The van der Waals surface area contributed by atoms with Crippen molar-refractivity contribution >= 4 is 45.0 Å². The van der Waals surface area contributed by atoms with E-state index in [-0.39, 0.29) is 17.3 Å². The van der Waals surface area contributed by atoms with Crippen molar-refractivity contribution in [3.8, 4) is 0 Å². The number of sulfonamides is 1. The van der Waals surface area contributed by atoms with Crippen molar-refractivity contribution < 1.29 is 13.2 Å². The molecule has 0 spiro atoms. The monoisotopic (exact) mass is 442 g/mol. The Balaban J connectivity index is 1.70. The Hall–Kier alpha value is -1.87. The second-order valence-electron chi connectivity index (χ2n) is 6.27. The highest BCUT2D eigenvalue weighted by Gasteiger charge is 2.25. The fraction of sp³-hybridized carbons (Fsp3) is 0.333. The Morgan fingerprint density at radius 1 is 1.18 bits per heavy atom. The lowest BCUT2D eigenvalue weighted by Gasteiger charge is -2.35. The summed E-state index contributed by atoms with van der Waals surface area (Å²) in [5.74, 6) is 0.431. The van der Waals surface area contributed by atoms with Crippen molar-refractivity contribution in [2.75, 3.05) is 37.6 Å². The number of aromatic nitrogens is 1. The fourth-order valence-corrected chi connectivity index (χ4v) is 4.60. The highest BCUT2D eigenvalue weighted by atomic mass is 35.5. The molecule has 0 unspecified atom stereocenters. The highest BCUT2D eigenvalue weighted by molar-refractivity contribution is 7.89. The highest BCUT2D eigenvalue weighted by Crippen LogP contribution is 2.27. The zero-order chi connectivity index (χ0) is 20.3. The zero-order valence-corrected chi connectivity index (χ0v) is 17.6. The van der Waals surface area contributed by atoms with E-state index in [0.29, 0.717) is 47.6 Å². The van der Waals surface area contributed by atoms with E-state index in [1.165, 1.54) is 18.3 Å². The van der Waals surface area contributed by atoms with E-state index in [1.807, 2.05) is 4.90 Å². The predicted molar refractivity (Wildman–Crippen MR) is 110 cm³/mol. The molecule has 1 aliphatic heterocycles. The van der Waals surface area contributed by atoms with Crippen LogP contribution < -0.4 is 9.62 Å². The van der Waals surface area contributed by atoms with Crippen LogP contribution in [0.25, 0.3) is 0 Å². The minimum absolute atomic E-state index is 0.0796. The van der Waals surface area contributed by atoms with E-state index in [9.17, 15) is 13.2 Å². The summed E-state index contributed by atoms with van der Waals surface area (Å²) in [5.41, 5.74) is 0.343. The minimum Gasteiger partial charge on any atom is -0.352 e. The number of anilines is 1.